The molecule has 0 aliphatic rings. The molecule has 1 aromatic carbocycles. The van der Waals surface area contributed by atoms with Gasteiger partial charge in [-0.05, 0) is 19.1 Å². The average Bonchev–Trinajstić information content (AvgIpc) is 2.88. The maximum atomic E-state index is 11.7. The molecule has 0 saturated carbocycles. The summed E-state index contributed by atoms with van der Waals surface area (Å²) in [6, 6.07) is 11.7. The van der Waals surface area contributed by atoms with Gasteiger partial charge in [0.2, 0.25) is 0 Å². The Morgan fingerprint density at radius 2 is 2.14 bits per heavy atom. The van der Waals surface area contributed by atoms with Gasteiger partial charge in [-0.15, -0.1) is 0 Å². The molecule has 1 aromatic heterocycles. The van der Waals surface area contributed by atoms with E-state index in [0.29, 0.717) is 13.0 Å². The third kappa shape index (κ3) is 3.16. The third-order valence-corrected chi connectivity index (χ3v) is 3.20. The number of benzene rings is 1. The van der Waals surface area contributed by atoms with Crippen LogP contribution in [0.3, 0.4) is 0 Å². The molecule has 2 aromatic rings. The zero-order chi connectivity index (χ0) is 15.9. The SMILES string of the molecule is CCOC(=O)/C(C#N)=C/c1cn(CCC#N)c2ccccc12. The number of aryl methyl sites for hydroxylation is 1. The monoisotopic (exact) mass is 293 g/mol. The normalized spacial score (nSPS) is 11.0. The molecule has 5 heteroatoms. The highest BCUT2D eigenvalue weighted by molar-refractivity contribution is 6.01. The van der Waals surface area contributed by atoms with Gasteiger partial charge in [-0.25, -0.2) is 4.79 Å². The Morgan fingerprint density at radius 1 is 1.36 bits per heavy atom. The van der Waals surface area contributed by atoms with E-state index in [4.69, 9.17) is 15.3 Å². The molecule has 0 atom stereocenters. The topological polar surface area (TPSA) is 78.8 Å². The number of hydrogen-bond acceptors (Lipinski definition) is 4. The van der Waals surface area contributed by atoms with Crippen molar-refractivity contribution >= 4 is 22.9 Å². The summed E-state index contributed by atoms with van der Waals surface area (Å²) in [7, 11) is 0. The highest BCUT2D eigenvalue weighted by Crippen LogP contribution is 2.24. The molecule has 110 valence electrons. The first-order chi connectivity index (χ1) is 10.7. The Hall–Kier alpha value is -3.05. The van der Waals surface area contributed by atoms with Gasteiger partial charge in [0.25, 0.3) is 0 Å². The molecular formula is C17H15N3O2. The summed E-state index contributed by atoms with van der Waals surface area (Å²) in [6.45, 7) is 2.48. The first-order valence-corrected chi connectivity index (χ1v) is 6.95. The Labute approximate surface area is 128 Å². The molecule has 5 nitrogen and oxygen atoms in total. The molecule has 0 bridgehead atoms. The number of para-hydroxylation sites is 1. The van der Waals surface area contributed by atoms with Gasteiger partial charge >= 0.3 is 5.97 Å². The number of aromatic nitrogens is 1. The lowest BCUT2D eigenvalue weighted by Crippen LogP contribution is -2.05. The van der Waals surface area contributed by atoms with Crippen molar-refractivity contribution in [3.8, 4) is 12.1 Å². The van der Waals surface area contributed by atoms with Gasteiger partial charge in [0.05, 0.1) is 19.1 Å². The van der Waals surface area contributed by atoms with Crippen LogP contribution in [0.2, 0.25) is 0 Å². The molecule has 0 N–H and O–H groups in total. The summed E-state index contributed by atoms with van der Waals surface area (Å²) < 4.78 is 6.82. The van der Waals surface area contributed by atoms with E-state index in [1.807, 2.05) is 41.1 Å². The Bertz CT molecular complexity index is 803. The lowest BCUT2D eigenvalue weighted by molar-refractivity contribution is -0.137. The minimum atomic E-state index is -0.626. The highest BCUT2D eigenvalue weighted by atomic mass is 16.5. The molecule has 0 fully saturated rings. The number of hydrogen-bond donors (Lipinski definition) is 0. The van der Waals surface area contributed by atoms with Crippen molar-refractivity contribution in [1.29, 1.82) is 10.5 Å². The molecule has 0 saturated heterocycles. The van der Waals surface area contributed by atoms with Gasteiger partial charge < -0.3 is 9.30 Å². The smallest absolute Gasteiger partial charge is 0.348 e. The Balaban J connectivity index is 2.49. The summed E-state index contributed by atoms with van der Waals surface area (Å²) in [5.41, 5.74) is 1.69. The third-order valence-electron chi connectivity index (χ3n) is 3.20. The molecule has 0 aliphatic carbocycles. The van der Waals surface area contributed by atoms with Crippen LogP contribution in [0.1, 0.15) is 18.9 Å². The number of rotatable bonds is 5. The van der Waals surface area contributed by atoms with Gasteiger partial charge in [-0.1, -0.05) is 18.2 Å². The fraction of sp³-hybridized carbons (Fsp3) is 0.235. The van der Waals surface area contributed by atoms with Crippen LogP contribution in [-0.2, 0) is 16.1 Å². The maximum Gasteiger partial charge on any atom is 0.348 e. The largest absolute Gasteiger partial charge is 0.462 e. The van der Waals surface area contributed by atoms with Crippen molar-refractivity contribution in [3.63, 3.8) is 0 Å². The van der Waals surface area contributed by atoms with E-state index in [1.165, 1.54) is 6.08 Å². The standard InChI is InChI=1S/C17H15N3O2/c1-2-22-17(21)13(11-19)10-14-12-20(9-5-8-18)16-7-4-3-6-15(14)16/h3-4,6-7,10,12H,2,5,9H2,1H3/b13-10+. The van der Waals surface area contributed by atoms with Crippen molar-refractivity contribution in [3.05, 3.63) is 41.6 Å². The van der Waals surface area contributed by atoms with Crippen LogP contribution in [0.25, 0.3) is 17.0 Å². The minimum absolute atomic E-state index is 0.0370. The van der Waals surface area contributed by atoms with E-state index in [2.05, 4.69) is 6.07 Å². The van der Waals surface area contributed by atoms with Crippen molar-refractivity contribution in [2.24, 2.45) is 0 Å². The minimum Gasteiger partial charge on any atom is -0.462 e. The number of ether oxygens (including phenoxy) is 1. The van der Waals surface area contributed by atoms with Crippen LogP contribution >= 0.6 is 0 Å². The average molecular weight is 293 g/mol. The van der Waals surface area contributed by atoms with Crippen LogP contribution < -0.4 is 0 Å². The van der Waals surface area contributed by atoms with Gasteiger partial charge in [-0.3, -0.25) is 0 Å². The van der Waals surface area contributed by atoms with Crippen molar-refractivity contribution in [2.75, 3.05) is 6.61 Å². The van der Waals surface area contributed by atoms with Crippen molar-refractivity contribution < 1.29 is 9.53 Å². The summed E-state index contributed by atoms with van der Waals surface area (Å²) in [5, 5.41) is 18.8. The van der Waals surface area contributed by atoms with Crippen molar-refractivity contribution in [1.82, 2.24) is 4.57 Å². The van der Waals surface area contributed by atoms with E-state index in [0.717, 1.165) is 16.5 Å². The predicted molar refractivity (Wildman–Crippen MR) is 82.4 cm³/mol. The van der Waals surface area contributed by atoms with Crippen LogP contribution in [0.15, 0.2) is 36.0 Å². The van der Waals surface area contributed by atoms with Crippen LogP contribution in [0.5, 0.6) is 0 Å². The second kappa shape index (κ2) is 7.10. The number of nitrogens with zero attached hydrogens (tertiary/aromatic N) is 3. The maximum absolute atomic E-state index is 11.7. The van der Waals surface area contributed by atoms with Crippen LogP contribution in [-0.4, -0.2) is 17.1 Å². The predicted octanol–water partition coefficient (Wildman–Crippen LogP) is 3.03. The van der Waals surface area contributed by atoms with Gasteiger partial charge in [0, 0.05) is 29.2 Å². The highest BCUT2D eigenvalue weighted by Gasteiger charge is 2.12. The van der Waals surface area contributed by atoms with E-state index in [-0.39, 0.29) is 12.2 Å². The van der Waals surface area contributed by atoms with E-state index >= 15 is 0 Å². The van der Waals surface area contributed by atoms with E-state index in [1.54, 1.807) is 6.92 Å². The second-order valence-electron chi connectivity index (χ2n) is 4.59. The summed E-state index contributed by atoms with van der Waals surface area (Å²) in [4.78, 5) is 11.7. The lowest BCUT2D eigenvalue weighted by Gasteiger charge is -2.00. The molecular weight excluding hydrogens is 278 g/mol. The Morgan fingerprint density at radius 3 is 2.82 bits per heavy atom. The zero-order valence-electron chi connectivity index (χ0n) is 12.2. The molecule has 2 rings (SSSR count). The number of fused-ring (bicyclic) bond motifs is 1. The van der Waals surface area contributed by atoms with E-state index < -0.39 is 5.97 Å². The van der Waals surface area contributed by atoms with Crippen LogP contribution in [0.4, 0.5) is 0 Å². The molecule has 22 heavy (non-hydrogen) atoms. The van der Waals surface area contributed by atoms with Crippen LogP contribution in [0, 0.1) is 22.7 Å². The molecule has 0 unspecified atom stereocenters. The summed E-state index contributed by atoms with van der Waals surface area (Å²) in [5.74, 6) is -0.626. The Kier molecular flexibility index (Phi) is 4.95. The molecule has 0 amide bonds. The molecule has 0 radical (unpaired) electrons. The molecule has 0 spiro atoms. The fourth-order valence-electron chi connectivity index (χ4n) is 2.25. The quantitative estimate of drug-likeness (QED) is 0.482. The molecule has 0 aliphatic heterocycles. The van der Waals surface area contributed by atoms with Gasteiger partial charge in [0.15, 0.2) is 0 Å². The van der Waals surface area contributed by atoms with Gasteiger partial charge in [0.1, 0.15) is 11.6 Å². The number of esters is 1. The number of carbonyl (C=O) groups excluding carboxylic acids is 1. The molecule has 1 heterocycles. The van der Waals surface area contributed by atoms with Crippen molar-refractivity contribution in [2.45, 2.75) is 19.9 Å². The lowest BCUT2D eigenvalue weighted by atomic mass is 10.1. The summed E-state index contributed by atoms with van der Waals surface area (Å²) >= 11 is 0. The second-order valence-corrected chi connectivity index (χ2v) is 4.59. The number of carbonyl (C=O) groups is 1. The first kappa shape index (κ1) is 15.3. The zero-order valence-corrected chi connectivity index (χ0v) is 12.2. The first-order valence-electron chi connectivity index (χ1n) is 6.95. The number of nitriles is 2. The summed E-state index contributed by atoms with van der Waals surface area (Å²) in [6.07, 6.45) is 3.77. The fourth-order valence-corrected chi connectivity index (χ4v) is 2.25. The van der Waals surface area contributed by atoms with Gasteiger partial charge in [-0.2, -0.15) is 10.5 Å². The van der Waals surface area contributed by atoms with E-state index in [9.17, 15) is 4.79 Å².